The monoisotopic (exact) mass is 310 g/mol. The second-order valence-electron chi connectivity index (χ2n) is 3.62. The Kier molecular flexibility index (Phi) is 5.24. The highest BCUT2D eigenvalue weighted by Gasteiger charge is 2.33. The van der Waals surface area contributed by atoms with Crippen molar-refractivity contribution in [2.24, 2.45) is 0 Å². The number of rotatable bonds is 5. The van der Waals surface area contributed by atoms with Crippen molar-refractivity contribution in [3.05, 3.63) is 23.9 Å². The van der Waals surface area contributed by atoms with Crippen molar-refractivity contribution < 1.29 is 13.2 Å². The molecule has 0 aliphatic heterocycles. The zero-order chi connectivity index (χ0) is 12.9. The lowest BCUT2D eigenvalue weighted by molar-refractivity contribution is -0.137. The van der Waals surface area contributed by atoms with Gasteiger partial charge in [0, 0.05) is 17.6 Å². The van der Waals surface area contributed by atoms with Gasteiger partial charge in [0.05, 0.1) is 5.56 Å². The van der Waals surface area contributed by atoms with Crippen LogP contribution in [0.5, 0.6) is 0 Å². The molecule has 1 aromatic rings. The van der Waals surface area contributed by atoms with Gasteiger partial charge in [-0.2, -0.15) is 13.2 Å². The third-order valence-corrected chi connectivity index (χ3v) is 3.41. The molecule has 2 nitrogen and oxygen atoms in total. The fraction of sp³-hybridized carbons (Fsp3) is 0.545. The summed E-state index contributed by atoms with van der Waals surface area (Å²) in [6, 6.07) is 2.31. The first-order valence-corrected chi connectivity index (χ1v) is 6.27. The molecule has 0 spiro atoms. The molecule has 0 bridgehead atoms. The molecule has 1 aromatic heterocycles. The summed E-state index contributed by atoms with van der Waals surface area (Å²) in [7, 11) is 0. The summed E-state index contributed by atoms with van der Waals surface area (Å²) in [6.45, 7) is 2.48. The van der Waals surface area contributed by atoms with Crippen LogP contribution in [0.1, 0.15) is 25.3 Å². The van der Waals surface area contributed by atoms with E-state index in [4.69, 9.17) is 0 Å². The van der Waals surface area contributed by atoms with E-state index in [2.05, 4.69) is 26.2 Å². The average Bonchev–Trinajstić information content (AvgIpc) is 2.28. The number of halogens is 4. The minimum absolute atomic E-state index is 0.101. The maximum atomic E-state index is 12.6. The summed E-state index contributed by atoms with van der Waals surface area (Å²) < 4.78 is 37.8. The Hall–Kier alpha value is -0.780. The predicted molar refractivity (Wildman–Crippen MR) is 65.4 cm³/mol. The highest BCUT2D eigenvalue weighted by molar-refractivity contribution is 9.09. The van der Waals surface area contributed by atoms with Gasteiger partial charge in [-0.05, 0) is 25.0 Å². The van der Waals surface area contributed by atoms with Gasteiger partial charge in [-0.25, -0.2) is 4.98 Å². The molecule has 1 N–H and O–H groups in total. The van der Waals surface area contributed by atoms with E-state index in [9.17, 15) is 13.2 Å². The molecule has 0 aliphatic rings. The van der Waals surface area contributed by atoms with Crippen LogP contribution in [0.25, 0.3) is 0 Å². The molecule has 1 atom stereocenters. The smallest absolute Gasteiger partial charge is 0.370 e. The Morgan fingerprint density at radius 3 is 2.76 bits per heavy atom. The summed E-state index contributed by atoms with van der Waals surface area (Å²) >= 11 is 3.43. The van der Waals surface area contributed by atoms with Gasteiger partial charge < -0.3 is 5.32 Å². The molecule has 96 valence electrons. The van der Waals surface area contributed by atoms with Crippen LogP contribution < -0.4 is 5.32 Å². The van der Waals surface area contributed by atoms with Gasteiger partial charge in [0.15, 0.2) is 0 Å². The number of alkyl halides is 4. The van der Waals surface area contributed by atoms with E-state index in [0.29, 0.717) is 11.4 Å². The molecule has 0 radical (unpaired) electrons. The van der Waals surface area contributed by atoms with Crippen LogP contribution in [-0.4, -0.2) is 16.4 Å². The highest BCUT2D eigenvalue weighted by Crippen LogP contribution is 2.33. The molecule has 1 rings (SSSR count). The summed E-state index contributed by atoms with van der Waals surface area (Å²) in [5.74, 6) is -0.101. The van der Waals surface area contributed by atoms with E-state index in [0.717, 1.165) is 18.9 Å². The molecule has 6 heteroatoms. The van der Waals surface area contributed by atoms with E-state index in [-0.39, 0.29) is 5.82 Å². The fourth-order valence-electron chi connectivity index (χ4n) is 1.33. The lowest BCUT2D eigenvalue weighted by atomic mass is 10.2. The predicted octanol–water partition coefficient (Wildman–Crippen LogP) is 4.08. The van der Waals surface area contributed by atoms with Crippen molar-refractivity contribution in [2.75, 3.05) is 11.9 Å². The van der Waals surface area contributed by atoms with Crippen LogP contribution in [0.2, 0.25) is 0 Å². The molecule has 1 unspecified atom stereocenters. The molecule has 0 saturated heterocycles. The number of anilines is 1. The first kappa shape index (κ1) is 14.3. The van der Waals surface area contributed by atoms with Gasteiger partial charge >= 0.3 is 6.18 Å². The Bertz CT molecular complexity index is 355. The molecular formula is C11H14BrF3N2. The van der Waals surface area contributed by atoms with Crippen molar-refractivity contribution in [1.29, 1.82) is 0 Å². The number of pyridine rings is 1. The Labute approximate surface area is 107 Å². The standard InChI is InChI=1S/C11H14BrF3N2/c1-2-8(12)5-7-17-10-9(11(13,14)15)4-3-6-16-10/h3-4,6,8H,2,5,7H2,1H3,(H,16,17). The van der Waals surface area contributed by atoms with Crippen LogP contribution >= 0.6 is 15.9 Å². The first-order valence-electron chi connectivity index (χ1n) is 5.35. The molecule has 0 aliphatic carbocycles. The zero-order valence-corrected chi connectivity index (χ0v) is 11.0. The van der Waals surface area contributed by atoms with E-state index >= 15 is 0 Å². The van der Waals surface area contributed by atoms with E-state index in [1.54, 1.807) is 0 Å². The highest BCUT2D eigenvalue weighted by atomic mass is 79.9. The zero-order valence-electron chi connectivity index (χ0n) is 9.39. The van der Waals surface area contributed by atoms with Crippen molar-refractivity contribution in [1.82, 2.24) is 4.98 Å². The number of aromatic nitrogens is 1. The van der Waals surface area contributed by atoms with Gasteiger partial charge in [0.1, 0.15) is 5.82 Å². The largest absolute Gasteiger partial charge is 0.419 e. The molecule has 17 heavy (non-hydrogen) atoms. The van der Waals surface area contributed by atoms with Crippen molar-refractivity contribution in [3.8, 4) is 0 Å². The lowest BCUT2D eigenvalue weighted by Gasteiger charge is -2.14. The van der Waals surface area contributed by atoms with Crippen molar-refractivity contribution in [3.63, 3.8) is 0 Å². The Balaban J connectivity index is 2.65. The van der Waals surface area contributed by atoms with Gasteiger partial charge in [-0.15, -0.1) is 0 Å². The minimum Gasteiger partial charge on any atom is -0.370 e. The third kappa shape index (κ3) is 4.53. The summed E-state index contributed by atoms with van der Waals surface area (Å²) in [5.41, 5.74) is -0.720. The normalized spacial score (nSPS) is 13.5. The van der Waals surface area contributed by atoms with E-state index in [1.807, 2.05) is 6.92 Å². The van der Waals surface area contributed by atoms with E-state index in [1.165, 1.54) is 12.3 Å². The van der Waals surface area contributed by atoms with Crippen LogP contribution in [0.15, 0.2) is 18.3 Å². The maximum absolute atomic E-state index is 12.6. The summed E-state index contributed by atoms with van der Waals surface area (Å²) in [5, 5.41) is 2.72. The second-order valence-corrected chi connectivity index (χ2v) is 4.91. The summed E-state index contributed by atoms with van der Waals surface area (Å²) in [6.07, 6.45) is -1.32. The van der Waals surface area contributed by atoms with Gasteiger partial charge in [0.2, 0.25) is 0 Å². The van der Waals surface area contributed by atoms with Crippen molar-refractivity contribution >= 4 is 21.7 Å². The van der Waals surface area contributed by atoms with Gasteiger partial charge in [-0.3, -0.25) is 0 Å². The summed E-state index contributed by atoms with van der Waals surface area (Å²) in [4.78, 5) is 4.03. The van der Waals surface area contributed by atoms with Gasteiger partial charge in [0.25, 0.3) is 0 Å². The number of hydrogen-bond donors (Lipinski definition) is 1. The molecule has 1 heterocycles. The molecule has 0 saturated carbocycles. The van der Waals surface area contributed by atoms with Crippen molar-refractivity contribution in [2.45, 2.75) is 30.8 Å². The Morgan fingerprint density at radius 2 is 2.18 bits per heavy atom. The molecule has 0 fully saturated rings. The fourth-order valence-corrected chi connectivity index (χ4v) is 1.56. The second kappa shape index (κ2) is 6.23. The van der Waals surface area contributed by atoms with Crippen LogP contribution in [-0.2, 0) is 6.18 Å². The number of nitrogens with zero attached hydrogens (tertiary/aromatic N) is 1. The maximum Gasteiger partial charge on any atom is 0.419 e. The SMILES string of the molecule is CCC(Br)CCNc1ncccc1C(F)(F)F. The van der Waals surface area contributed by atoms with Gasteiger partial charge in [-0.1, -0.05) is 22.9 Å². The molecule has 0 aromatic carbocycles. The number of hydrogen-bond acceptors (Lipinski definition) is 2. The van der Waals surface area contributed by atoms with Crippen LogP contribution in [0.4, 0.5) is 19.0 Å². The molecular weight excluding hydrogens is 297 g/mol. The topological polar surface area (TPSA) is 24.9 Å². The third-order valence-electron chi connectivity index (χ3n) is 2.31. The first-order chi connectivity index (χ1) is 7.95. The minimum atomic E-state index is -4.37. The quantitative estimate of drug-likeness (QED) is 0.829. The van der Waals surface area contributed by atoms with E-state index < -0.39 is 11.7 Å². The average molecular weight is 311 g/mol. The van der Waals surface area contributed by atoms with Crippen LogP contribution in [0.3, 0.4) is 0 Å². The lowest BCUT2D eigenvalue weighted by Crippen LogP contribution is -2.14. The molecule has 0 amide bonds. The Morgan fingerprint density at radius 1 is 1.47 bits per heavy atom. The number of nitrogens with one attached hydrogen (secondary N) is 1. The van der Waals surface area contributed by atoms with Crippen LogP contribution in [0, 0.1) is 0 Å².